The average molecular weight is 392 g/mol. The first-order valence-electron chi connectivity index (χ1n) is 9.62. The lowest BCUT2D eigenvalue weighted by Gasteiger charge is -2.16. The number of hydrogen-bond acceptors (Lipinski definition) is 4. The molecule has 0 saturated heterocycles. The second-order valence-electron chi connectivity index (χ2n) is 6.80. The van der Waals surface area contributed by atoms with E-state index in [1.807, 2.05) is 42.5 Å². The van der Waals surface area contributed by atoms with E-state index in [0.29, 0.717) is 17.8 Å². The summed E-state index contributed by atoms with van der Waals surface area (Å²) in [6.07, 6.45) is 1.68. The van der Waals surface area contributed by atoms with Gasteiger partial charge in [-0.25, -0.2) is 0 Å². The van der Waals surface area contributed by atoms with Crippen molar-refractivity contribution in [1.29, 1.82) is 0 Å². The number of carbonyl (C=O) groups excluding carboxylic acids is 3. The van der Waals surface area contributed by atoms with Crippen LogP contribution in [0.2, 0.25) is 0 Å². The van der Waals surface area contributed by atoms with Gasteiger partial charge < -0.3 is 15.0 Å². The first-order chi connectivity index (χ1) is 14.1. The van der Waals surface area contributed by atoms with E-state index in [2.05, 4.69) is 11.9 Å². The van der Waals surface area contributed by atoms with Crippen LogP contribution in [0.3, 0.4) is 0 Å². The maximum absolute atomic E-state index is 12.4. The number of carbonyl (C=O) groups is 3. The Labute approximate surface area is 170 Å². The van der Waals surface area contributed by atoms with E-state index >= 15 is 0 Å². The molecule has 0 saturated carbocycles. The summed E-state index contributed by atoms with van der Waals surface area (Å²) in [5.74, 6) is -1.03. The van der Waals surface area contributed by atoms with E-state index in [9.17, 15) is 14.4 Å². The van der Waals surface area contributed by atoms with Crippen molar-refractivity contribution in [3.63, 3.8) is 0 Å². The van der Waals surface area contributed by atoms with E-state index in [1.54, 1.807) is 12.1 Å². The molecule has 0 aromatic heterocycles. The predicted octanol–water partition coefficient (Wildman–Crippen LogP) is 2.80. The molecule has 0 unspecified atom stereocenters. The molecule has 1 aliphatic rings. The van der Waals surface area contributed by atoms with Crippen molar-refractivity contribution in [3.8, 4) is 0 Å². The summed E-state index contributed by atoms with van der Waals surface area (Å²) in [6, 6.07) is 17.2. The van der Waals surface area contributed by atoms with Gasteiger partial charge in [-0.2, -0.15) is 0 Å². The lowest BCUT2D eigenvalue weighted by atomic mass is 10.1. The molecule has 2 aromatic rings. The highest BCUT2D eigenvalue weighted by atomic mass is 16.5. The Bertz CT molecular complexity index is 873. The molecule has 6 heteroatoms. The van der Waals surface area contributed by atoms with Gasteiger partial charge in [0.05, 0.1) is 6.42 Å². The van der Waals surface area contributed by atoms with Gasteiger partial charge in [-0.3, -0.25) is 14.4 Å². The zero-order chi connectivity index (χ0) is 20.6. The fourth-order valence-corrected chi connectivity index (χ4v) is 3.21. The summed E-state index contributed by atoms with van der Waals surface area (Å²) in [6.45, 7) is 4.30. The van der Waals surface area contributed by atoms with E-state index < -0.39 is 5.97 Å². The molecule has 0 radical (unpaired) electrons. The first-order valence-corrected chi connectivity index (χ1v) is 9.62. The van der Waals surface area contributed by atoms with Gasteiger partial charge in [0.2, 0.25) is 0 Å². The minimum atomic E-state index is -0.527. The second-order valence-corrected chi connectivity index (χ2v) is 6.80. The normalized spacial score (nSPS) is 12.6. The molecular weight excluding hydrogens is 368 g/mol. The number of aryl methyl sites for hydroxylation is 1. The van der Waals surface area contributed by atoms with E-state index in [0.717, 1.165) is 18.4 Å². The van der Waals surface area contributed by atoms with Gasteiger partial charge in [-0.15, -0.1) is 0 Å². The van der Waals surface area contributed by atoms with Crippen LogP contribution in [0.1, 0.15) is 34.3 Å². The van der Waals surface area contributed by atoms with Gasteiger partial charge in [0.15, 0.2) is 6.61 Å². The smallest absolute Gasteiger partial charge is 0.308 e. The zero-order valence-corrected chi connectivity index (χ0v) is 16.2. The summed E-state index contributed by atoms with van der Waals surface area (Å²) in [7, 11) is 0. The monoisotopic (exact) mass is 392 g/mol. The van der Waals surface area contributed by atoms with E-state index in [-0.39, 0.29) is 31.4 Å². The number of benzene rings is 2. The molecule has 2 amide bonds. The summed E-state index contributed by atoms with van der Waals surface area (Å²) in [4.78, 5) is 37.6. The first kappa shape index (κ1) is 20.3. The largest absolute Gasteiger partial charge is 0.456 e. The van der Waals surface area contributed by atoms with Gasteiger partial charge in [0, 0.05) is 29.9 Å². The lowest BCUT2D eigenvalue weighted by Crippen LogP contribution is -2.31. The summed E-state index contributed by atoms with van der Waals surface area (Å²) in [5.41, 5.74) is 3.16. The van der Waals surface area contributed by atoms with Crippen LogP contribution in [0, 0.1) is 0 Å². The Balaban J connectivity index is 1.32. The summed E-state index contributed by atoms with van der Waals surface area (Å²) in [5, 5.41) is 2.74. The Hall–Kier alpha value is -3.41. The maximum Gasteiger partial charge on any atom is 0.308 e. The highest BCUT2D eigenvalue weighted by Gasteiger charge is 2.30. The van der Waals surface area contributed by atoms with Gasteiger partial charge in [0.25, 0.3) is 11.8 Å². The molecule has 6 nitrogen and oxygen atoms in total. The molecule has 1 heterocycles. The van der Waals surface area contributed by atoms with Gasteiger partial charge in [0.1, 0.15) is 0 Å². The van der Waals surface area contributed by atoms with Crippen molar-refractivity contribution in [1.82, 2.24) is 10.2 Å². The molecule has 1 aliphatic heterocycles. The standard InChI is InChI=1S/C23H24N2O4/c1-17-19-11-5-6-12-20(19)23(28)25(17)15-13-22(27)29-16-21(26)24-14-7-10-18-8-3-2-4-9-18/h2-6,8-9,11-12H,1,7,10,13-16H2,(H,24,26). The molecule has 1 N–H and O–H groups in total. The van der Waals surface area contributed by atoms with Crippen molar-refractivity contribution in [2.75, 3.05) is 19.7 Å². The molecule has 150 valence electrons. The van der Waals surface area contributed by atoms with Gasteiger partial charge >= 0.3 is 5.97 Å². The molecule has 0 bridgehead atoms. The fourth-order valence-electron chi connectivity index (χ4n) is 3.21. The summed E-state index contributed by atoms with van der Waals surface area (Å²) < 4.78 is 5.01. The van der Waals surface area contributed by atoms with E-state index in [1.165, 1.54) is 10.5 Å². The van der Waals surface area contributed by atoms with Crippen molar-refractivity contribution in [2.24, 2.45) is 0 Å². The van der Waals surface area contributed by atoms with Crippen molar-refractivity contribution in [3.05, 3.63) is 77.9 Å². The molecule has 0 atom stereocenters. The fraction of sp³-hybridized carbons (Fsp3) is 0.261. The second kappa shape index (κ2) is 9.68. The number of nitrogens with zero attached hydrogens (tertiary/aromatic N) is 1. The third-order valence-electron chi connectivity index (χ3n) is 4.75. The van der Waals surface area contributed by atoms with Crippen LogP contribution in [-0.4, -0.2) is 42.4 Å². The Morgan fingerprint density at radius 2 is 1.69 bits per heavy atom. The zero-order valence-electron chi connectivity index (χ0n) is 16.2. The van der Waals surface area contributed by atoms with Crippen molar-refractivity contribution in [2.45, 2.75) is 19.3 Å². The topological polar surface area (TPSA) is 75.7 Å². The highest BCUT2D eigenvalue weighted by molar-refractivity contribution is 6.08. The third-order valence-corrected chi connectivity index (χ3v) is 4.75. The molecule has 0 aliphatic carbocycles. The van der Waals surface area contributed by atoms with Crippen LogP contribution in [-0.2, 0) is 20.7 Å². The molecular formula is C23H24N2O4. The average Bonchev–Trinajstić information content (AvgIpc) is 2.99. The van der Waals surface area contributed by atoms with Crippen molar-refractivity contribution >= 4 is 23.5 Å². The SMILES string of the molecule is C=C1c2ccccc2C(=O)N1CCC(=O)OCC(=O)NCCCc1ccccc1. The number of amides is 2. The molecule has 2 aromatic carbocycles. The van der Waals surface area contributed by atoms with Crippen LogP contribution in [0.25, 0.3) is 5.70 Å². The highest BCUT2D eigenvalue weighted by Crippen LogP contribution is 2.31. The quantitative estimate of drug-likeness (QED) is 0.526. The predicted molar refractivity (Wildman–Crippen MR) is 110 cm³/mol. The summed E-state index contributed by atoms with van der Waals surface area (Å²) >= 11 is 0. The van der Waals surface area contributed by atoms with Crippen LogP contribution in [0.5, 0.6) is 0 Å². The molecule has 29 heavy (non-hydrogen) atoms. The Kier molecular flexibility index (Phi) is 6.79. The maximum atomic E-state index is 12.4. The van der Waals surface area contributed by atoms with E-state index in [4.69, 9.17) is 4.74 Å². The van der Waals surface area contributed by atoms with Gasteiger partial charge in [-0.1, -0.05) is 55.1 Å². The van der Waals surface area contributed by atoms with Gasteiger partial charge in [-0.05, 0) is 24.5 Å². The van der Waals surface area contributed by atoms with Crippen LogP contribution >= 0.6 is 0 Å². The number of fused-ring (bicyclic) bond motifs is 1. The van der Waals surface area contributed by atoms with Crippen LogP contribution in [0.4, 0.5) is 0 Å². The van der Waals surface area contributed by atoms with Crippen LogP contribution < -0.4 is 5.32 Å². The number of rotatable bonds is 9. The number of esters is 1. The third kappa shape index (κ3) is 5.31. The minimum Gasteiger partial charge on any atom is -0.456 e. The van der Waals surface area contributed by atoms with Crippen LogP contribution in [0.15, 0.2) is 61.2 Å². The minimum absolute atomic E-state index is 0.0000355. The Morgan fingerprint density at radius 3 is 2.41 bits per heavy atom. The number of ether oxygens (including phenoxy) is 1. The lowest BCUT2D eigenvalue weighted by molar-refractivity contribution is -0.148. The Morgan fingerprint density at radius 1 is 1.00 bits per heavy atom. The molecule has 0 spiro atoms. The number of hydrogen-bond donors (Lipinski definition) is 1. The van der Waals surface area contributed by atoms with Crippen molar-refractivity contribution < 1.29 is 19.1 Å². The molecule has 0 fully saturated rings. The number of nitrogens with one attached hydrogen (secondary N) is 1. The molecule has 3 rings (SSSR count).